The molecule has 0 radical (unpaired) electrons. The standard InChI is InChI=1S/C13H12BrN3/c1-3-17-9(2)11(7-15)12(14)13(17)10-5-4-6-16-8-10/h4-6,8H,3H2,1-2H3. The second-order valence-corrected chi connectivity index (χ2v) is 4.51. The highest BCUT2D eigenvalue weighted by Crippen LogP contribution is 2.35. The lowest BCUT2D eigenvalue weighted by Crippen LogP contribution is -1.99. The Morgan fingerprint density at radius 3 is 2.82 bits per heavy atom. The van der Waals surface area contributed by atoms with Crippen LogP contribution in [0.25, 0.3) is 11.3 Å². The molecule has 0 aliphatic heterocycles. The van der Waals surface area contributed by atoms with Gasteiger partial charge in [-0.15, -0.1) is 0 Å². The maximum absolute atomic E-state index is 9.17. The molecular weight excluding hydrogens is 278 g/mol. The molecule has 0 aromatic carbocycles. The topological polar surface area (TPSA) is 41.6 Å². The highest BCUT2D eigenvalue weighted by Gasteiger charge is 2.18. The molecule has 4 heteroatoms. The van der Waals surface area contributed by atoms with Crippen molar-refractivity contribution in [2.24, 2.45) is 0 Å². The van der Waals surface area contributed by atoms with E-state index >= 15 is 0 Å². The second kappa shape index (κ2) is 4.72. The predicted molar refractivity (Wildman–Crippen MR) is 70.5 cm³/mol. The van der Waals surface area contributed by atoms with Crippen LogP contribution in [0.3, 0.4) is 0 Å². The number of hydrogen-bond donors (Lipinski definition) is 0. The molecule has 0 saturated heterocycles. The van der Waals surface area contributed by atoms with Gasteiger partial charge in [0.15, 0.2) is 0 Å². The number of hydrogen-bond acceptors (Lipinski definition) is 2. The Bertz CT molecular complexity index is 579. The molecule has 0 atom stereocenters. The van der Waals surface area contributed by atoms with Crippen molar-refractivity contribution < 1.29 is 0 Å². The van der Waals surface area contributed by atoms with Crippen molar-refractivity contribution in [1.82, 2.24) is 9.55 Å². The summed E-state index contributed by atoms with van der Waals surface area (Å²) in [7, 11) is 0. The molecule has 0 unspecified atom stereocenters. The fourth-order valence-electron chi connectivity index (χ4n) is 2.01. The van der Waals surface area contributed by atoms with Crippen molar-refractivity contribution in [3.05, 3.63) is 40.3 Å². The highest BCUT2D eigenvalue weighted by molar-refractivity contribution is 9.10. The molecule has 0 saturated carbocycles. The Morgan fingerprint density at radius 2 is 2.29 bits per heavy atom. The Morgan fingerprint density at radius 1 is 1.53 bits per heavy atom. The van der Waals surface area contributed by atoms with Gasteiger partial charge in [0, 0.05) is 30.2 Å². The maximum Gasteiger partial charge on any atom is 0.102 e. The molecule has 3 nitrogen and oxygen atoms in total. The molecule has 2 rings (SSSR count). The molecule has 0 amide bonds. The van der Waals surface area contributed by atoms with Gasteiger partial charge in [0.2, 0.25) is 0 Å². The van der Waals surface area contributed by atoms with Crippen LogP contribution < -0.4 is 0 Å². The zero-order valence-electron chi connectivity index (χ0n) is 9.74. The van der Waals surface area contributed by atoms with Crippen LogP contribution in [0.4, 0.5) is 0 Å². The molecule has 2 heterocycles. The molecule has 0 N–H and O–H groups in total. The second-order valence-electron chi connectivity index (χ2n) is 3.72. The Kier molecular flexibility index (Phi) is 3.30. The predicted octanol–water partition coefficient (Wildman–Crippen LogP) is 3.51. The van der Waals surface area contributed by atoms with Crippen LogP contribution in [-0.4, -0.2) is 9.55 Å². The van der Waals surface area contributed by atoms with Gasteiger partial charge in [-0.05, 0) is 41.9 Å². The Labute approximate surface area is 109 Å². The smallest absolute Gasteiger partial charge is 0.102 e. The Balaban J connectivity index is 2.75. The number of rotatable bonds is 2. The van der Waals surface area contributed by atoms with Crippen molar-refractivity contribution in [3.8, 4) is 17.3 Å². The number of halogens is 1. The van der Waals surface area contributed by atoms with E-state index in [1.807, 2.05) is 25.3 Å². The largest absolute Gasteiger partial charge is 0.343 e. The van der Waals surface area contributed by atoms with E-state index in [0.717, 1.165) is 28.0 Å². The summed E-state index contributed by atoms with van der Waals surface area (Å²) in [6, 6.07) is 6.14. The molecule has 0 aliphatic rings. The molecule has 86 valence electrons. The van der Waals surface area contributed by atoms with Gasteiger partial charge in [0.1, 0.15) is 6.07 Å². The monoisotopic (exact) mass is 289 g/mol. The lowest BCUT2D eigenvalue weighted by atomic mass is 10.2. The van der Waals surface area contributed by atoms with Crippen molar-refractivity contribution in [3.63, 3.8) is 0 Å². The Hall–Kier alpha value is -1.60. The quantitative estimate of drug-likeness (QED) is 0.849. The molecule has 0 bridgehead atoms. The molecule has 0 fully saturated rings. The highest BCUT2D eigenvalue weighted by atomic mass is 79.9. The van der Waals surface area contributed by atoms with Crippen LogP contribution >= 0.6 is 15.9 Å². The minimum Gasteiger partial charge on any atom is -0.343 e. The van der Waals surface area contributed by atoms with E-state index in [1.54, 1.807) is 6.20 Å². The number of nitriles is 1. The molecule has 2 aromatic rings. The zero-order chi connectivity index (χ0) is 12.4. The van der Waals surface area contributed by atoms with E-state index in [2.05, 4.69) is 38.5 Å². The average molecular weight is 290 g/mol. The van der Waals surface area contributed by atoms with Crippen LogP contribution in [0.5, 0.6) is 0 Å². The first kappa shape index (κ1) is 11.9. The summed E-state index contributed by atoms with van der Waals surface area (Å²) in [5, 5.41) is 9.17. The summed E-state index contributed by atoms with van der Waals surface area (Å²) in [4.78, 5) is 4.13. The van der Waals surface area contributed by atoms with Crippen molar-refractivity contribution in [2.75, 3.05) is 0 Å². The van der Waals surface area contributed by atoms with Gasteiger partial charge >= 0.3 is 0 Å². The summed E-state index contributed by atoms with van der Waals surface area (Å²) in [6.45, 7) is 4.86. The third kappa shape index (κ3) is 1.87. The number of nitrogens with zero attached hydrogens (tertiary/aromatic N) is 3. The van der Waals surface area contributed by atoms with Gasteiger partial charge in [-0.1, -0.05) is 0 Å². The third-order valence-electron chi connectivity index (χ3n) is 2.83. The fraction of sp³-hybridized carbons (Fsp3) is 0.231. The summed E-state index contributed by atoms with van der Waals surface area (Å²) >= 11 is 3.52. The van der Waals surface area contributed by atoms with E-state index in [4.69, 9.17) is 0 Å². The molecule has 2 aromatic heterocycles. The molecule has 0 spiro atoms. The first-order valence-electron chi connectivity index (χ1n) is 5.39. The lowest BCUT2D eigenvalue weighted by molar-refractivity contribution is 0.748. The van der Waals surface area contributed by atoms with Gasteiger partial charge in [0.25, 0.3) is 0 Å². The molecule has 0 aliphatic carbocycles. The summed E-state index contributed by atoms with van der Waals surface area (Å²) in [6.07, 6.45) is 3.56. The van der Waals surface area contributed by atoms with Crippen LogP contribution in [0.2, 0.25) is 0 Å². The number of pyridine rings is 1. The summed E-state index contributed by atoms with van der Waals surface area (Å²) in [5.74, 6) is 0. The van der Waals surface area contributed by atoms with Crippen molar-refractivity contribution in [1.29, 1.82) is 5.26 Å². The molecular formula is C13H12BrN3. The van der Waals surface area contributed by atoms with Gasteiger partial charge in [-0.25, -0.2) is 0 Å². The summed E-state index contributed by atoms with van der Waals surface area (Å²) < 4.78 is 2.98. The van der Waals surface area contributed by atoms with Crippen LogP contribution in [-0.2, 0) is 6.54 Å². The van der Waals surface area contributed by atoms with Gasteiger partial charge in [-0.2, -0.15) is 5.26 Å². The van der Waals surface area contributed by atoms with Crippen LogP contribution in [0, 0.1) is 18.3 Å². The van der Waals surface area contributed by atoms with E-state index in [9.17, 15) is 5.26 Å². The lowest BCUT2D eigenvalue weighted by Gasteiger charge is -2.08. The third-order valence-corrected chi connectivity index (χ3v) is 3.60. The van der Waals surface area contributed by atoms with Crippen molar-refractivity contribution in [2.45, 2.75) is 20.4 Å². The number of aromatic nitrogens is 2. The zero-order valence-corrected chi connectivity index (χ0v) is 11.3. The van der Waals surface area contributed by atoms with E-state index in [0.29, 0.717) is 5.56 Å². The molecule has 17 heavy (non-hydrogen) atoms. The van der Waals surface area contributed by atoms with Gasteiger partial charge in [0.05, 0.1) is 15.7 Å². The van der Waals surface area contributed by atoms with E-state index in [1.165, 1.54) is 0 Å². The average Bonchev–Trinajstić information content (AvgIpc) is 2.61. The minimum atomic E-state index is 0.700. The van der Waals surface area contributed by atoms with Gasteiger partial charge < -0.3 is 4.57 Å². The summed E-state index contributed by atoms with van der Waals surface area (Å²) in [5.41, 5.74) is 3.73. The van der Waals surface area contributed by atoms with Crippen LogP contribution in [0.15, 0.2) is 29.0 Å². The minimum absolute atomic E-state index is 0.700. The first-order chi connectivity index (χ1) is 8.20. The van der Waals surface area contributed by atoms with Gasteiger partial charge in [-0.3, -0.25) is 4.98 Å². The van der Waals surface area contributed by atoms with E-state index < -0.39 is 0 Å². The SMILES string of the molecule is CCn1c(C)c(C#N)c(Br)c1-c1cccnc1. The normalized spacial score (nSPS) is 10.2. The maximum atomic E-state index is 9.17. The fourth-order valence-corrected chi connectivity index (χ4v) is 2.83. The first-order valence-corrected chi connectivity index (χ1v) is 6.19. The van der Waals surface area contributed by atoms with E-state index in [-0.39, 0.29) is 0 Å². The van der Waals surface area contributed by atoms with Crippen molar-refractivity contribution >= 4 is 15.9 Å². The van der Waals surface area contributed by atoms with Crippen LogP contribution in [0.1, 0.15) is 18.2 Å².